The van der Waals surface area contributed by atoms with Gasteiger partial charge in [-0.2, -0.15) is 0 Å². The molecule has 6 nitrogen and oxygen atoms in total. The summed E-state index contributed by atoms with van der Waals surface area (Å²) in [4.78, 5) is 0. The van der Waals surface area contributed by atoms with Crippen molar-refractivity contribution in [2.75, 3.05) is 26.3 Å². The van der Waals surface area contributed by atoms with E-state index in [0.717, 1.165) is 25.3 Å². The first-order chi connectivity index (χ1) is 8.77. The number of aliphatic hydroxyl groups excluding tert-OH is 1. The molecule has 0 radical (unpaired) electrons. The number of rotatable bonds is 8. The van der Waals surface area contributed by atoms with Gasteiger partial charge in [0.1, 0.15) is 12.4 Å². The number of ether oxygens (including phenoxy) is 1. The average molecular weight is 253 g/mol. The number of nitrogens with two attached hydrogens (primary N) is 1. The van der Waals surface area contributed by atoms with Gasteiger partial charge in [-0.25, -0.2) is 0 Å². The van der Waals surface area contributed by atoms with Crippen LogP contribution in [-0.2, 0) is 0 Å². The summed E-state index contributed by atoms with van der Waals surface area (Å²) >= 11 is 0. The van der Waals surface area contributed by atoms with Crippen molar-refractivity contribution in [2.45, 2.75) is 6.42 Å². The quantitative estimate of drug-likeness (QED) is 0.173. The lowest BCUT2D eigenvalue weighted by Gasteiger charge is -2.07. The van der Waals surface area contributed by atoms with E-state index in [9.17, 15) is 0 Å². The van der Waals surface area contributed by atoms with Gasteiger partial charge in [-0.05, 0) is 37.2 Å². The number of oxime groups is 1. The van der Waals surface area contributed by atoms with Crippen LogP contribution in [0.15, 0.2) is 29.4 Å². The molecule has 0 aromatic heterocycles. The first kappa shape index (κ1) is 14.3. The first-order valence-electron chi connectivity index (χ1n) is 5.80. The minimum absolute atomic E-state index is 0.0761. The molecule has 0 bridgehead atoms. The summed E-state index contributed by atoms with van der Waals surface area (Å²) in [5, 5.41) is 23.1. The first-order valence-corrected chi connectivity index (χ1v) is 5.80. The van der Waals surface area contributed by atoms with Gasteiger partial charge >= 0.3 is 0 Å². The summed E-state index contributed by atoms with van der Waals surface area (Å²) in [6, 6.07) is 6.98. The molecule has 0 heterocycles. The Balaban J connectivity index is 2.27. The van der Waals surface area contributed by atoms with Crippen LogP contribution < -0.4 is 15.8 Å². The molecule has 0 saturated carbocycles. The van der Waals surface area contributed by atoms with Crippen LogP contribution in [0, 0.1) is 0 Å². The highest BCUT2D eigenvalue weighted by Crippen LogP contribution is 2.11. The van der Waals surface area contributed by atoms with Crippen LogP contribution >= 0.6 is 0 Å². The van der Waals surface area contributed by atoms with Crippen molar-refractivity contribution in [2.24, 2.45) is 10.9 Å². The fourth-order valence-electron chi connectivity index (χ4n) is 1.35. The van der Waals surface area contributed by atoms with Crippen molar-refractivity contribution < 1.29 is 15.1 Å². The van der Waals surface area contributed by atoms with Crippen molar-refractivity contribution in [1.82, 2.24) is 5.32 Å². The number of aliphatic hydroxyl groups is 1. The number of amidine groups is 1. The predicted octanol–water partition coefficient (Wildman–Crippen LogP) is 0.132. The second-order valence-electron chi connectivity index (χ2n) is 3.69. The lowest BCUT2D eigenvalue weighted by Crippen LogP contribution is -2.22. The Kier molecular flexibility index (Phi) is 6.60. The Morgan fingerprint density at radius 2 is 2.00 bits per heavy atom. The van der Waals surface area contributed by atoms with Crippen LogP contribution in [0.4, 0.5) is 0 Å². The maximum atomic E-state index is 8.58. The van der Waals surface area contributed by atoms with E-state index in [-0.39, 0.29) is 12.4 Å². The van der Waals surface area contributed by atoms with Gasteiger partial charge in [0, 0.05) is 18.7 Å². The molecule has 6 heteroatoms. The van der Waals surface area contributed by atoms with E-state index >= 15 is 0 Å². The van der Waals surface area contributed by atoms with Crippen LogP contribution in [0.3, 0.4) is 0 Å². The zero-order valence-electron chi connectivity index (χ0n) is 10.2. The molecule has 0 amide bonds. The van der Waals surface area contributed by atoms with E-state index in [1.54, 1.807) is 24.3 Å². The van der Waals surface area contributed by atoms with Crippen molar-refractivity contribution in [1.29, 1.82) is 0 Å². The summed E-state index contributed by atoms with van der Waals surface area (Å²) in [5.74, 6) is 0.806. The van der Waals surface area contributed by atoms with Gasteiger partial charge in [0.15, 0.2) is 5.84 Å². The number of nitrogens with zero attached hydrogens (tertiary/aromatic N) is 1. The van der Waals surface area contributed by atoms with E-state index in [1.807, 2.05) is 0 Å². The monoisotopic (exact) mass is 253 g/mol. The summed E-state index contributed by atoms with van der Waals surface area (Å²) in [6.45, 7) is 2.25. The molecule has 5 N–H and O–H groups in total. The van der Waals surface area contributed by atoms with E-state index < -0.39 is 0 Å². The molecule has 18 heavy (non-hydrogen) atoms. The van der Waals surface area contributed by atoms with Crippen molar-refractivity contribution in [3.8, 4) is 5.75 Å². The standard InChI is InChI=1S/C12H19N3O3/c13-12(15-17)10-2-4-11(5-3-10)18-9-7-14-6-1-8-16/h2-5,14,16-17H,1,6-9H2,(H2,13,15). The molecule has 0 aliphatic carbocycles. The van der Waals surface area contributed by atoms with E-state index in [0.29, 0.717) is 12.2 Å². The van der Waals surface area contributed by atoms with Crippen molar-refractivity contribution in [3.05, 3.63) is 29.8 Å². The number of benzene rings is 1. The minimum atomic E-state index is 0.0761. The van der Waals surface area contributed by atoms with Crippen LogP contribution in [0.5, 0.6) is 5.75 Å². The minimum Gasteiger partial charge on any atom is -0.492 e. The van der Waals surface area contributed by atoms with Gasteiger partial charge in [0.25, 0.3) is 0 Å². The maximum absolute atomic E-state index is 8.58. The SMILES string of the molecule is NC(=NO)c1ccc(OCCNCCCO)cc1. The Bertz CT molecular complexity index is 365. The molecule has 0 saturated heterocycles. The van der Waals surface area contributed by atoms with Crippen LogP contribution in [0.2, 0.25) is 0 Å². The second-order valence-corrected chi connectivity index (χ2v) is 3.69. The molecule has 100 valence electrons. The highest BCUT2D eigenvalue weighted by molar-refractivity contribution is 5.97. The zero-order chi connectivity index (χ0) is 13.2. The van der Waals surface area contributed by atoms with Gasteiger partial charge in [-0.15, -0.1) is 0 Å². The Labute approximate surface area is 106 Å². The third-order valence-electron chi connectivity index (χ3n) is 2.32. The Morgan fingerprint density at radius 1 is 1.28 bits per heavy atom. The van der Waals surface area contributed by atoms with Gasteiger partial charge in [-0.3, -0.25) is 0 Å². The van der Waals surface area contributed by atoms with Gasteiger partial charge in [0.2, 0.25) is 0 Å². The van der Waals surface area contributed by atoms with Gasteiger partial charge in [0.05, 0.1) is 0 Å². The van der Waals surface area contributed by atoms with Crippen molar-refractivity contribution >= 4 is 5.84 Å². The van der Waals surface area contributed by atoms with E-state index in [2.05, 4.69) is 10.5 Å². The topological polar surface area (TPSA) is 100 Å². The number of hydrogen-bond donors (Lipinski definition) is 4. The largest absolute Gasteiger partial charge is 0.492 e. The molecule has 1 aromatic carbocycles. The summed E-state index contributed by atoms with van der Waals surface area (Å²) in [5.41, 5.74) is 6.09. The molecular formula is C12H19N3O3. The summed E-state index contributed by atoms with van der Waals surface area (Å²) in [6.07, 6.45) is 0.745. The smallest absolute Gasteiger partial charge is 0.170 e. The maximum Gasteiger partial charge on any atom is 0.170 e. The highest BCUT2D eigenvalue weighted by atomic mass is 16.5. The molecule has 0 unspecified atom stereocenters. The third kappa shape index (κ3) is 5.03. The molecule has 0 aliphatic heterocycles. The van der Waals surface area contributed by atoms with Crippen LogP contribution in [-0.4, -0.2) is 42.5 Å². The third-order valence-corrected chi connectivity index (χ3v) is 2.32. The fourth-order valence-corrected chi connectivity index (χ4v) is 1.35. The lowest BCUT2D eigenvalue weighted by atomic mass is 10.2. The number of hydrogen-bond acceptors (Lipinski definition) is 5. The molecular weight excluding hydrogens is 234 g/mol. The van der Waals surface area contributed by atoms with Crippen LogP contribution in [0.25, 0.3) is 0 Å². The molecule has 1 rings (SSSR count). The van der Waals surface area contributed by atoms with Gasteiger partial charge < -0.3 is 26.1 Å². The summed E-state index contributed by atoms with van der Waals surface area (Å²) in [7, 11) is 0. The predicted molar refractivity (Wildman–Crippen MR) is 69.0 cm³/mol. The molecule has 0 atom stereocenters. The second kappa shape index (κ2) is 8.32. The van der Waals surface area contributed by atoms with Crippen LogP contribution in [0.1, 0.15) is 12.0 Å². The fraction of sp³-hybridized carbons (Fsp3) is 0.417. The highest BCUT2D eigenvalue weighted by Gasteiger charge is 1.99. The zero-order valence-corrected chi connectivity index (χ0v) is 10.2. The molecule has 0 fully saturated rings. The Morgan fingerprint density at radius 3 is 2.61 bits per heavy atom. The average Bonchev–Trinajstić information content (AvgIpc) is 2.42. The van der Waals surface area contributed by atoms with Crippen molar-refractivity contribution in [3.63, 3.8) is 0 Å². The van der Waals surface area contributed by atoms with E-state index in [4.69, 9.17) is 20.8 Å². The lowest BCUT2D eigenvalue weighted by molar-refractivity contribution is 0.279. The normalized spacial score (nSPS) is 11.5. The molecule has 0 spiro atoms. The molecule has 0 aliphatic rings. The van der Waals surface area contributed by atoms with Gasteiger partial charge in [-0.1, -0.05) is 5.16 Å². The number of nitrogens with one attached hydrogen (secondary N) is 1. The Hall–Kier alpha value is -1.79. The molecule has 1 aromatic rings. The summed E-state index contributed by atoms with van der Waals surface area (Å²) < 4.78 is 5.49. The van der Waals surface area contributed by atoms with E-state index in [1.165, 1.54) is 0 Å².